The Bertz CT molecular complexity index is 624. The first-order valence-electron chi connectivity index (χ1n) is 9.42. The number of carbonyl (C=O) groups excluding carboxylic acids is 2. The first kappa shape index (κ1) is 21.9. The van der Waals surface area contributed by atoms with Crippen molar-refractivity contribution in [2.24, 2.45) is 5.41 Å². The second-order valence-corrected chi connectivity index (χ2v) is 7.59. The molecule has 0 spiro atoms. The summed E-state index contributed by atoms with van der Waals surface area (Å²) >= 11 is 0. The summed E-state index contributed by atoms with van der Waals surface area (Å²) in [5.41, 5.74) is 2.24. The van der Waals surface area contributed by atoms with Gasteiger partial charge in [0, 0.05) is 5.41 Å². The Balaban J connectivity index is 3.25. The van der Waals surface area contributed by atoms with Crippen LogP contribution < -0.4 is 5.32 Å². The Kier molecular flexibility index (Phi) is 8.56. The van der Waals surface area contributed by atoms with Gasteiger partial charge in [0.25, 0.3) is 0 Å². The second-order valence-electron chi connectivity index (χ2n) is 7.59. The van der Waals surface area contributed by atoms with Crippen molar-refractivity contribution in [1.82, 2.24) is 5.32 Å². The summed E-state index contributed by atoms with van der Waals surface area (Å²) in [6.45, 7) is 10.0. The van der Waals surface area contributed by atoms with Crippen LogP contribution in [0.3, 0.4) is 0 Å². The Labute approximate surface area is 158 Å². The summed E-state index contributed by atoms with van der Waals surface area (Å²) in [6.07, 6.45) is 6.22. The fraction of sp³-hybridized carbons (Fsp3) is 0.545. The van der Waals surface area contributed by atoms with Gasteiger partial charge in [-0.2, -0.15) is 0 Å². The van der Waals surface area contributed by atoms with Crippen LogP contribution in [-0.2, 0) is 9.53 Å². The van der Waals surface area contributed by atoms with Crippen molar-refractivity contribution >= 4 is 11.9 Å². The van der Waals surface area contributed by atoms with Crippen LogP contribution in [0, 0.1) is 5.41 Å². The zero-order valence-corrected chi connectivity index (χ0v) is 17.0. The van der Waals surface area contributed by atoms with E-state index in [2.05, 4.69) is 25.2 Å². The predicted octanol–water partition coefficient (Wildman–Crippen LogP) is 5.20. The van der Waals surface area contributed by atoms with Crippen LogP contribution in [-0.4, -0.2) is 19.0 Å². The van der Waals surface area contributed by atoms with Gasteiger partial charge < -0.3 is 10.1 Å². The Hall–Kier alpha value is -2.10. The molecule has 0 fully saturated rings. The van der Waals surface area contributed by atoms with Gasteiger partial charge in [-0.25, -0.2) is 4.79 Å². The maximum Gasteiger partial charge on any atom is 0.337 e. The normalized spacial score (nSPS) is 13.2. The first-order chi connectivity index (χ1) is 12.2. The van der Waals surface area contributed by atoms with Crippen LogP contribution >= 0.6 is 0 Å². The highest BCUT2D eigenvalue weighted by atomic mass is 16.5. The van der Waals surface area contributed by atoms with E-state index in [1.807, 2.05) is 32.9 Å². The van der Waals surface area contributed by atoms with E-state index in [9.17, 15) is 9.59 Å². The second kappa shape index (κ2) is 10.1. The standard InChI is InChI=1S/C22H33NO3/c1-7-9-11-16(10-8-2)19(23-21(25)22(3,4)5)17-12-14-18(15-13-17)20(24)26-6/h11-15,19H,7-10H2,1-6H3,(H,23,25)/b16-11+. The van der Waals surface area contributed by atoms with Gasteiger partial charge in [0.1, 0.15) is 0 Å². The lowest BCUT2D eigenvalue weighted by molar-refractivity contribution is -0.129. The van der Waals surface area contributed by atoms with Crippen LogP contribution in [0.1, 0.15) is 82.3 Å². The third kappa shape index (κ3) is 6.32. The van der Waals surface area contributed by atoms with E-state index in [-0.39, 0.29) is 17.9 Å². The number of esters is 1. The zero-order valence-electron chi connectivity index (χ0n) is 17.0. The fourth-order valence-electron chi connectivity index (χ4n) is 2.65. The monoisotopic (exact) mass is 359 g/mol. The quantitative estimate of drug-likeness (QED) is 0.512. The molecule has 1 unspecified atom stereocenters. The van der Waals surface area contributed by atoms with Crippen molar-refractivity contribution < 1.29 is 14.3 Å². The molecule has 1 atom stereocenters. The minimum atomic E-state index is -0.466. The molecule has 0 heterocycles. The molecule has 1 aromatic carbocycles. The summed E-state index contributed by atoms with van der Waals surface area (Å²) < 4.78 is 4.76. The molecule has 0 aliphatic rings. The number of benzene rings is 1. The van der Waals surface area contributed by atoms with E-state index in [4.69, 9.17) is 4.74 Å². The molecule has 26 heavy (non-hydrogen) atoms. The fourth-order valence-corrected chi connectivity index (χ4v) is 2.65. The summed E-state index contributed by atoms with van der Waals surface area (Å²) in [6, 6.07) is 7.12. The Morgan fingerprint density at radius 2 is 1.73 bits per heavy atom. The number of unbranched alkanes of at least 4 members (excludes halogenated alkanes) is 1. The molecule has 0 aliphatic carbocycles. The molecule has 0 aliphatic heterocycles. The summed E-state index contributed by atoms with van der Waals surface area (Å²) in [4.78, 5) is 24.3. The number of carbonyl (C=O) groups is 2. The number of amides is 1. The summed E-state index contributed by atoms with van der Waals surface area (Å²) in [5, 5.41) is 3.21. The number of rotatable bonds is 8. The zero-order chi connectivity index (χ0) is 19.7. The average Bonchev–Trinajstić information content (AvgIpc) is 2.62. The van der Waals surface area contributed by atoms with Crippen molar-refractivity contribution in [1.29, 1.82) is 0 Å². The number of methoxy groups -OCH3 is 1. The number of ether oxygens (including phenoxy) is 1. The third-order valence-electron chi connectivity index (χ3n) is 4.23. The predicted molar refractivity (Wildman–Crippen MR) is 106 cm³/mol. The molecule has 1 N–H and O–H groups in total. The van der Waals surface area contributed by atoms with Gasteiger partial charge in [-0.1, -0.05) is 65.7 Å². The van der Waals surface area contributed by atoms with Crippen molar-refractivity contribution in [2.75, 3.05) is 7.11 Å². The minimum Gasteiger partial charge on any atom is -0.465 e. The number of nitrogens with one attached hydrogen (secondary N) is 1. The highest BCUT2D eigenvalue weighted by Gasteiger charge is 2.26. The minimum absolute atomic E-state index is 0.0121. The molecule has 0 radical (unpaired) electrons. The molecular weight excluding hydrogens is 326 g/mol. The number of hydrogen-bond acceptors (Lipinski definition) is 3. The molecule has 144 valence electrons. The lowest BCUT2D eigenvalue weighted by atomic mass is 9.90. The van der Waals surface area contributed by atoms with E-state index in [0.29, 0.717) is 5.56 Å². The van der Waals surface area contributed by atoms with Gasteiger partial charge in [-0.05, 0) is 36.1 Å². The summed E-state index contributed by atoms with van der Waals surface area (Å²) in [7, 11) is 1.37. The van der Waals surface area contributed by atoms with Gasteiger partial charge in [0.2, 0.25) is 5.91 Å². The molecule has 0 bridgehead atoms. The van der Waals surface area contributed by atoms with E-state index >= 15 is 0 Å². The Morgan fingerprint density at radius 1 is 1.12 bits per heavy atom. The maximum atomic E-state index is 12.6. The highest BCUT2D eigenvalue weighted by Crippen LogP contribution is 2.28. The van der Waals surface area contributed by atoms with Gasteiger partial charge in [-0.15, -0.1) is 0 Å². The lowest BCUT2D eigenvalue weighted by Crippen LogP contribution is -2.38. The molecule has 4 heteroatoms. The van der Waals surface area contributed by atoms with E-state index in [0.717, 1.165) is 31.2 Å². The smallest absolute Gasteiger partial charge is 0.337 e. The van der Waals surface area contributed by atoms with Crippen LogP contribution in [0.5, 0.6) is 0 Å². The Morgan fingerprint density at radius 3 is 2.19 bits per heavy atom. The topological polar surface area (TPSA) is 55.4 Å². The van der Waals surface area contributed by atoms with Crippen LogP contribution in [0.4, 0.5) is 0 Å². The largest absolute Gasteiger partial charge is 0.465 e. The highest BCUT2D eigenvalue weighted by molar-refractivity contribution is 5.89. The van der Waals surface area contributed by atoms with E-state index < -0.39 is 5.41 Å². The van der Waals surface area contributed by atoms with Crippen molar-refractivity contribution in [3.63, 3.8) is 0 Å². The van der Waals surface area contributed by atoms with Crippen molar-refractivity contribution in [2.45, 2.75) is 66.3 Å². The van der Waals surface area contributed by atoms with Crippen molar-refractivity contribution in [3.8, 4) is 0 Å². The molecule has 0 saturated heterocycles. The van der Waals surface area contributed by atoms with Crippen LogP contribution in [0.2, 0.25) is 0 Å². The van der Waals surface area contributed by atoms with Crippen molar-refractivity contribution in [3.05, 3.63) is 47.0 Å². The average molecular weight is 360 g/mol. The summed E-state index contributed by atoms with van der Waals surface area (Å²) in [5.74, 6) is -0.347. The van der Waals surface area contributed by atoms with E-state index in [1.54, 1.807) is 12.1 Å². The molecule has 4 nitrogen and oxygen atoms in total. The van der Waals surface area contributed by atoms with E-state index in [1.165, 1.54) is 12.7 Å². The molecule has 1 amide bonds. The van der Waals surface area contributed by atoms with Crippen LogP contribution in [0.15, 0.2) is 35.9 Å². The van der Waals surface area contributed by atoms with Crippen LogP contribution in [0.25, 0.3) is 0 Å². The molecule has 0 aromatic heterocycles. The van der Waals surface area contributed by atoms with Gasteiger partial charge in [0.05, 0.1) is 18.7 Å². The third-order valence-corrected chi connectivity index (χ3v) is 4.23. The molecular formula is C22H33NO3. The van der Waals surface area contributed by atoms with Gasteiger partial charge >= 0.3 is 5.97 Å². The number of hydrogen-bond donors (Lipinski definition) is 1. The first-order valence-corrected chi connectivity index (χ1v) is 9.42. The number of allylic oxidation sites excluding steroid dienone is 1. The van der Waals surface area contributed by atoms with Gasteiger partial charge in [0.15, 0.2) is 0 Å². The molecule has 1 rings (SSSR count). The van der Waals surface area contributed by atoms with Gasteiger partial charge in [-0.3, -0.25) is 4.79 Å². The lowest BCUT2D eigenvalue weighted by Gasteiger charge is -2.27. The molecule has 0 saturated carbocycles. The SMILES string of the molecule is CCC/C=C(\CCC)C(NC(=O)C(C)(C)C)c1ccc(C(=O)OC)cc1. The molecule has 1 aromatic rings. The maximum absolute atomic E-state index is 12.6.